The Bertz CT molecular complexity index is 1660. The lowest BCUT2D eigenvalue weighted by Gasteiger charge is -2.24. The van der Waals surface area contributed by atoms with Gasteiger partial charge in [-0.3, -0.25) is 0 Å². The molecule has 1 heterocycles. The topological polar surface area (TPSA) is 61.8 Å². The van der Waals surface area contributed by atoms with Crippen LogP contribution in [0.4, 0.5) is 0 Å². The van der Waals surface area contributed by atoms with E-state index in [0.717, 1.165) is 33.9 Å². The first-order valence-corrected chi connectivity index (χ1v) is 11.9. The predicted octanol–water partition coefficient (Wildman–Crippen LogP) is 5.96. The van der Waals surface area contributed by atoms with Crippen LogP contribution in [0.15, 0.2) is 97.5 Å². The summed E-state index contributed by atoms with van der Waals surface area (Å²) in [5.41, 5.74) is 3.75. The smallest absolute Gasteiger partial charge is 0.194 e. The van der Waals surface area contributed by atoms with E-state index in [2.05, 4.69) is 42.0 Å². The number of fused-ring (bicyclic) bond motifs is 1. The maximum atomic E-state index is 12.1. The van der Waals surface area contributed by atoms with Gasteiger partial charge in [-0.2, -0.15) is 5.26 Å². The van der Waals surface area contributed by atoms with Gasteiger partial charge in [-0.25, -0.2) is 4.98 Å². The fourth-order valence-electron chi connectivity index (χ4n) is 4.53. The van der Waals surface area contributed by atoms with E-state index in [1.165, 1.54) is 5.56 Å². The number of benzene rings is 4. The Balaban J connectivity index is 1.71. The average molecular weight is 468 g/mol. The monoisotopic (exact) mass is 467 g/mol. The van der Waals surface area contributed by atoms with E-state index >= 15 is 0 Å². The number of hydrogen-bond acceptors (Lipinski definition) is 3. The van der Waals surface area contributed by atoms with E-state index in [1.54, 1.807) is 29.2 Å². The summed E-state index contributed by atoms with van der Waals surface area (Å²) in [5.74, 6) is 6.29. The Morgan fingerprint density at radius 3 is 2.44 bits per heavy atom. The number of rotatable bonds is 4. The summed E-state index contributed by atoms with van der Waals surface area (Å²) in [6.45, 7) is 2.11. The van der Waals surface area contributed by atoms with Gasteiger partial charge in [-0.15, -0.1) is 0 Å². The quantitative estimate of drug-likeness (QED) is 0.332. The lowest BCUT2D eigenvalue weighted by Crippen LogP contribution is -2.28. The van der Waals surface area contributed by atoms with Crippen LogP contribution in [0.2, 0.25) is 0 Å². The number of hydrogen-bond donors (Lipinski definition) is 1. The maximum absolute atomic E-state index is 12.1. The van der Waals surface area contributed by atoms with Crippen LogP contribution < -0.4 is 0 Å². The van der Waals surface area contributed by atoms with Crippen LogP contribution in [0.25, 0.3) is 21.9 Å². The molecule has 0 spiro atoms. The van der Waals surface area contributed by atoms with Crippen LogP contribution in [0.1, 0.15) is 34.9 Å². The summed E-state index contributed by atoms with van der Waals surface area (Å²) in [5, 5.41) is 24.2. The van der Waals surface area contributed by atoms with Crippen molar-refractivity contribution in [1.82, 2.24) is 9.55 Å². The molecular formula is C32H25N3O. The first kappa shape index (κ1) is 23.1. The molecule has 5 aromatic rings. The maximum Gasteiger partial charge on any atom is 0.194 e. The molecule has 0 aliphatic rings. The molecule has 4 nitrogen and oxygen atoms in total. The van der Waals surface area contributed by atoms with E-state index in [9.17, 15) is 10.4 Å². The van der Waals surface area contributed by atoms with E-state index in [4.69, 9.17) is 0 Å². The number of nitrogens with zero attached hydrogens (tertiary/aromatic N) is 3. The Morgan fingerprint density at radius 1 is 0.944 bits per heavy atom. The second-order valence-electron chi connectivity index (χ2n) is 8.80. The van der Waals surface area contributed by atoms with Crippen molar-refractivity contribution < 1.29 is 5.11 Å². The highest BCUT2D eigenvalue weighted by Crippen LogP contribution is 2.36. The average Bonchev–Trinajstić information content (AvgIpc) is 3.37. The zero-order valence-corrected chi connectivity index (χ0v) is 20.2. The van der Waals surface area contributed by atoms with Gasteiger partial charge >= 0.3 is 0 Å². The van der Waals surface area contributed by atoms with Crippen molar-refractivity contribution >= 4 is 10.8 Å². The van der Waals surface area contributed by atoms with Crippen molar-refractivity contribution in [2.75, 3.05) is 0 Å². The Labute approximate surface area is 211 Å². The van der Waals surface area contributed by atoms with Crippen LogP contribution in [-0.4, -0.2) is 14.7 Å². The third-order valence-electron chi connectivity index (χ3n) is 6.57. The predicted molar refractivity (Wildman–Crippen MR) is 143 cm³/mol. The van der Waals surface area contributed by atoms with Gasteiger partial charge in [0, 0.05) is 23.7 Å². The number of aryl methyl sites for hydroxylation is 2. The van der Waals surface area contributed by atoms with Gasteiger partial charge in [-0.05, 0) is 52.6 Å². The van der Waals surface area contributed by atoms with Gasteiger partial charge in [0.2, 0.25) is 0 Å². The molecule has 0 saturated heterocycles. The van der Waals surface area contributed by atoms with Crippen molar-refractivity contribution in [2.24, 2.45) is 7.05 Å². The van der Waals surface area contributed by atoms with Crippen molar-refractivity contribution in [3.8, 4) is 29.0 Å². The lowest BCUT2D eigenvalue weighted by molar-refractivity contribution is 0.137. The Morgan fingerprint density at radius 2 is 1.72 bits per heavy atom. The normalized spacial score (nSPS) is 12.4. The molecule has 0 amide bonds. The second kappa shape index (κ2) is 9.55. The van der Waals surface area contributed by atoms with Crippen molar-refractivity contribution in [3.63, 3.8) is 0 Å². The van der Waals surface area contributed by atoms with Crippen LogP contribution in [0, 0.1) is 23.2 Å². The molecule has 1 N–H and O–H groups in total. The van der Waals surface area contributed by atoms with Gasteiger partial charge < -0.3 is 9.67 Å². The molecule has 1 aromatic heterocycles. The summed E-state index contributed by atoms with van der Waals surface area (Å²) in [7, 11) is 1.83. The lowest BCUT2D eigenvalue weighted by atomic mass is 9.86. The number of imidazole rings is 1. The van der Waals surface area contributed by atoms with Crippen LogP contribution in [0.5, 0.6) is 0 Å². The summed E-state index contributed by atoms with van der Waals surface area (Å²) in [4.78, 5) is 4.23. The van der Waals surface area contributed by atoms with E-state index in [1.807, 2.05) is 67.7 Å². The molecule has 1 atom stereocenters. The molecule has 0 aliphatic carbocycles. The molecule has 1 unspecified atom stereocenters. The molecule has 4 heteroatoms. The fraction of sp³-hybridized carbons (Fsp3) is 0.125. The highest BCUT2D eigenvalue weighted by Gasteiger charge is 2.33. The zero-order valence-electron chi connectivity index (χ0n) is 20.2. The minimum absolute atomic E-state index is 0.533. The molecular weight excluding hydrogens is 442 g/mol. The third kappa shape index (κ3) is 4.16. The molecule has 174 valence electrons. The summed E-state index contributed by atoms with van der Waals surface area (Å²) < 4.78 is 1.77. The molecule has 0 aliphatic heterocycles. The SMILES string of the molecule is CCc1ccc(C#CC(O)(c2ccc(C#N)c(-c3cccc4ccccc34)c2)c2cncn2C)cc1. The van der Waals surface area contributed by atoms with E-state index < -0.39 is 5.60 Å². The first-order valence-electron chi connectivity index (χ1n) is 11.9. The highest BCUT2D eigenvalue weighted by atomic mass is 16.3. The highest BCUT2D eigenvalue weighted by molar-refractivity contribution is 5.98. The zero-order chi connectivity index (χ0) is 25.1. The van der Waals surface area contributed by atoms with Crippen molar-refractivity contribution in [2.45, 2.75) is 18.9 Å². The second-order valence-corrected chi connectivity index (χ2v) is 8.80. The minimum Gasteiger partial charge on any atom is -0.368 e. The molecule has 5 rings (SSSR count). The fourth-order valence-corrected chi connectivity index (χ4v) is 4.53. The van der Waals surface area contributed by atoms with Gasteiger partial charge in [0.15, 0.2) is 5.60 Å². The summed E-state index contributed by atoms with van der Waals surface area (Å²) in [6, 6.07) is 29.9. The van der Waals surface area contributed by atoms with Gasteiger partial charge in [0.25, 0.3) is 0 Å². The third-order valence-corrected chi connectivity index (χ3v) is 6.57. The van der Waals surface area contributed by atoms with Gasteiger partial charge in [0.05, 0.1) is 29.9 Å². The van der Waals surface area contributed by atoms with Crippen LogP contribution >= 0.6 is 0 Å². The summed E-state index contributed by atoms with van der Waals surface area (Å²) >= 11 is 0. The van der Waals surface area contributed by atoms with Gasteiger partial charge in [0.1, 0.15) is 0 Å². The number of aromatic nitrogens is 2. The molecule has 36 heavy (non-hydrogen) atoms. The van der Waals surface area contributed by atoms with Crippen LogP contribution in [-0.2, 0) is 19.1 Å². The molecule has 0 bridgehead atoms. The van der Waals surface area contributed by atoms with E-state index in [-0.39, 0.29) is 0 Å². The first-order chi connectivity index (χ1) is 17.5. The molecule has 0 fully saturated rings. The summed E-state index contributed by atoms with van der Waals surface area (Å²) in [6.07, 6.45) is 4.23. The largest absolute Gasteiger partial charge is 0.368 e. The van der Waals surface area contributed by atoms with Crippen molar-refractivity contribution in [1.29, 1.82) is 5.26 Å². The van der Waals surface area contributed by atoms with Gasteiger partial charge in [-0.1, -0.05) is 79.4 Å². The molecule has 0 radical (unpaired) electrons. The Hall–Kier alpha value is -4.64. The number of aliphatic hydroxyl groups is 1. The van der Waals surface area contributed by atoms with E-state index in [0.29, 0.717) is 16.8 Å². The number of nitriles is 1. The van der Waals surface area contributed by atoms with Crippen molar-refractivity contribution in [3.05, 3.63) is 125 Å². The Kier molecular flexibility index (Phi) is 6.13. The molecule has 0 saturated carbocycles. The molecule has 4 aromatic carbocycles. The minimum atomic E-state index is -1.64. The van der Waals surface area contributed by atoms with Crippen LogP contribution in [0.3, 0.4) is 0 Å². The standard InChI is InChI=1S/C32H25N3O/c1-3-23-11-13-24(14-12-23)17-18-32(36,31-21-34-22-35(31)2)27-16-15-26(20-33)30(19-27)29-10-6-8-25-7-4-5-9-28(25)29/h4-16,19,21-22,36H,3H2,1-2H3.